The second kappa shape index (κ2) is 6.26. The van der Waals surface area contributed by atoms with E-state index in [4.69, 9.17) is 0 Å². The van der Waals surface area contributed by atoms with Gasteiger partial charge in [0.2, 0.25) is 11.8 Å². The Hall–Kier alpha value is -2.37. The number of amides is 2. The summed E-state index contributed by atoms with van der Waals surface area (Å²) in [6.07, 6.45) is 1.57. The quantitative estimate of drug-likeness (QED) is 0.856. The lowest BCUT2D eigenvalue weighted by Crippen LogP contribution is -2.45. The van der Waals surface area contributed by atoms with Crippen LogP contribution < -0.4 is 4.90 Å². The molecule has 2 aliphatic heterocycles. The fraction of sp³-hybridized carbons (Fsp3) is 0.500. The molecule has 0 aliphatic carbocycles. The van der Waals surface area contributed by atoms with Gasteiger partial charge in [0.15, 0.2) is 0 Å². The van der Waals surface area contributed by atoms with E-state index in [0.29, 0.717) is 32.4 Å². The average molecular weight is 330 g/mol. The molecule has 2 heterocycles. The molecule has 2 saturated heterocycles. The van der Waals surface area contributed by atoms with Crippen LogP contribution in [0.3, 0.4) is 0 Å². The van der Waals surface area contributed by atoms with Crippen molar-refractivity contribution in [3.63, 3.8) is 0 Å². The molecule has 3 rings (SSSR count). The van der Waals surface area contributed by atoms with Gasteiger partial charge in [0, 0.05) is 18.8 Å². The van der Waals surface area contributed by atoms with Crippen LogP contribution in [0.15, 0.2) is 18.2 Å². The molecule has 0 bridgehead atoms. The van der Waals surface area contributed by atoms with Crippen LogP contribution in [0.4, 0.5) is 5.69 Å². The summed E-state index contributed by atoms with van der Waals surface area (Å²) >= 11 is 0. The van der Waals surface area contributed by atoms with Crippen LogP contribution in [-0.2, 0) is 14.4 Å². The molecule has 0 spiro atoms. The molecule has 0 radical (unpaired) electrons. The van der Waals surface area contributed by atoms with Crippen LogP contribution in [-0.4, -0.2) is 46.9 Å². The predicted octanol–water partition coefficient (Wildman–Crippen LogP) is 1.73. The standard InChI is InChI=1S/C18H22N2O4/c1-11-8-12(2)10-13(9-11)19-7-5-14(16(19)21)17(22)20-6-3-4-15(20)18(23)24/h8-10,14-15H,3-7H2,1-2H3,(H,23,24)/t14?,15-/m1/s1. The highest BCUT2D eigenvalue weighted by atomic mass is 16.4. The number of benzene rings is 1. The van der Waals surface area contributed by atoms with Gasteiger partial charge < -0.3 is 14.9 Å². The number of carboxylic acids is 1. The highest BCUT2D eigenvalue weighted by molar-refractivity contribution is 6.10. The molecule has 2 atom stereocenters. The molecule has 6 heteroatoms. The van der Waals surface area contributed by atoms with Gasteiger partial charge in [-0.3, -0.25) is 9.59 Å². The van der Waals surface area contributed by atoms with Crippen molar-refractivity contribution in [2.75, 3.05) is 18.0 Å². The summed E-state index contributed by atoms with van der Waals surface area (Å²) in [4.78, 5) is 39.7. The topological polar surface area (TPSA) is 77.9 Å². The van der Waals surface area contributed by atoms with E-state index in [0.717, 1.165) is 16.8 Å². The summed E-state index contributed by atoms with van der Waals surface area (Å²) < 4.78 is 0. The maximum absolute atomic E-state index is 12.7. The monoisotopic (exact) mass is 330 g/mol. The third-order valence-electron chi connectivity index (χ3n) is 4.84. The van der Waals surface area contributed by atoms with Crippen molar-refractivity contribution in [1.82, 2.24) is 4.90 Å². The number of carboxylic acid groups (broad SMARTS) is 1. The summed E-state index contributed by atoms with van der Waals surface area (Å²) in [6.45, 7) is 4.86. The summed E-state index contributed by atoms with van der Waals surface area (Å²) in [6, 6.07) is 5.12. The molecule has 1 unspecified atom stereocenters. The molecule has 24 heavy (non-hydrogen) atoms. The molecule has 0 saturated carbocycles. The Morgan fingerprint density at radius 3 is 2.38 bits per heavy atom. The molecule has 2 amide bonds. The molecule has 1 aromatic rings. The lowest BCUT2D eigenvalue weighted by Gasteiger charge is -2.24. The minimum Gasteiger partial charge on any atom is -0.480 e. The smallest absolute Gasteiger partial charge is 0.326 e. The van der Waals surface area contributed by atoms with E-state index in [1.54, 1.807) is 4.90 Å². The molecule has 1 N–H and O–H groups in total. The number of aryl methyl sites for hydroxylation is 2. The van der Waals surface area contributed by atoms with Crippen LogP contribution >= 0.6 is 0 Å². The number of aliphatic carboxylic acids is 1. The van der Waals surface area contributed by atoms with Gasteiger partial charge in [0.05, 0.1) is 0 Å². The molecule has 0 aromatic heterocycles. The number of carbonyl (C=O) groups is 3. The highest BCUT2D eigenvalue weighted by Gasteiger charge is 2.44. The number of hydrogen-bond donors (Lipinski definition) is 1. The van der Waals surface area contributed by atoms with Crippen molar-refractivity contribution in [1.29, 1.82) is 0 Å². The van der Waals surface area contributed by atoms with Crippen LogP contribution in [0.5, 0.6) is 0 Å². The third-order valence-corrected chi connectivity index (χ3v) is 4.84. The van der Waals surface area contributed by atoms with Crippen molar-refractivity contribution in [2.24, 2.45) is 5.92 Å². The number of likely N-dealkylation sites (tertiary alicyclic amines) is 1. The molecule has 6 nitrogen and oxygen atoms in total. The van der Waals surface area contributed by atoms with E-state index >= 15 is 0 Å². The van der Waals surface area contributed by atoms with Gasteiger partial charge in [-0.2, -0.15) is 0 Å². The third kappa shape index (κ3) is 2.88. The fourth-order valence-electron chi connectivity index (χ4n) is 3.76. The van der Waals surface area contributed by atoms with Crippen LogP contribution in [0.2, 0.25) is 0 Å². The minimum absolute atomic E-state index is 0.221. The molecular formula is C18H22N2O4. The average Bonchev–Trinajstić information content (AvgIpc) is 3.12. The first kappa shape index (κ1) is 16.5. The zero-order chi connectivity index (χ0) is 17.4. The number of anilines is 1. The maximum Gasteiger partial charge on any atom is 0.326 e. The van der Waals surface area contributed by atoms with Gasteiger partial charge in [-0.05, 0) is 56.4 Å². The zero-order valence-corrected chi connectivity index (χ0v) is 14.0. The van der Waals surface area contributed by atoms with Crippen LogP contribution in [0, 0.1) is 19.8 Å². The Morgan fingerprint density at radius 1 is 1.08 bits per heavy atom. The van der Waals surface area contributed by atoms with E-state index in [9.17, 15) is 19.5 Å². The molecule has 1 aromatic carbocycles. The fourth-order valence-corrected chi connectivity index (χ4v) is 3.76. The normalized spacial score (nSPS) is 23.8. The van der Waals surface area contributed by atoms with Crippen molar-refractivity contribution >= 4 is 23.5 Å². The van der Waals surface area contributed by atoms with Crippen molar-refractivity contribution < 1.29 is 19.5 Å². The maximum atomic E-state index is 12.7. The molecule has 128 valence electrons. The van der Waals surface area contributed by atoms with Crippen molar-refractivity contribution in [2.45, 2.75) is 39.2 Å². The van der Waals surface area contributed by atoms with Gasteiger partial charge in [-0.25, -0.2) is 4.79 Å². The van der Waals surface area contributed by atoms with Crippen LogP contribution in [0.25, 0.3) is 0 Å². The van der Waals surface area contributed by atoms with Gasteiger partial charge >= 0.3 is 5.97 Å². The number of nitrogens with zero attached hydrogens (tertiary/aromatic N) is 2. The van der Waals surface area contributed by atoms with Gasteiger partial charge in [-0.1, -0.05) is 6.07 Å². The Balaban J connectivity index is 1.78. The Labute approximate surface area is 141 Å². The van der Waals surface area contributed by atoms with E-state index in [1.165, 1.54) is 4.90 Å². The lowest BCUT2D eigenvalue weighted by atomic mass is 10.1. The largest absolute Gasteiger partial charge is 0.480 e. The van der Waals surface area contributed by atoms with E-state index in [1.807, 2.05) is 32.0 Å². The predicted molar refractivity (Wildman–Crippen MR) is 88.7 cm³/mol. The second-order valence-corrected chi connectivity index (χ2v) is 6.70. The van der Waals surface area contributed by atoms with Gasteiger partial charge in [0.1, 0.15) is 12.0 Å². The Bertz CT molecular complexity index is 680. The van der Waals surface area contributed by atoms with E-state index < -0.39 is 17.9 Å². The summed E-state index contributed by atoms with van der Waals surface area (Å²) in [7, 11) is 0. The van der Waals surface area contributed by atoms with Gasteiger partial charge in [0.25, 0.3) is 0 Å². The minimum atomic E-state index is -0.988. The van der Waals surface area contributed by atoms with Crippen molar-refractivity contribution in [3.8, 4) is 0 Å². The highest BCUT2D eigenvalue weighted by Crippen LogP contribution is 2.30. The Kier molecular flexibility index (Phi) is 4.30. The molecule has 2 aliphatic rings. The van der Waals surface area contributed by atoms with Crippen LogP contribution in [0.1, 0.15) is 30.4 Å². The number of hydrogen-bond acceptors (Lipinski definition) is 3. The van der Waals surface area contributed by atoms with E-state index in [-0.39, 0.29) is 11.8 Å². The Morgan fingerprint density at radius 2 is 1.75 bits per heavy atom. The zero-order valence-electron chi connectivity index (χ0n) is 14.0. The summed E-state index contributed by atoms with van der Waals surface area (Å²) in [5.41, 5.74) is 2.94. The lowest BCUT2D eigenvalue weighted by molar-refractivity contribution is -0.151. The SMILES string of the molecule is Cc1cc(C)cc(N2CCC(C(=O)N3CCC[C@@H]3C(=O)O)C2=O)c1. The summed E-state index contributed by atoms with van der Waals surface area (Å²) in [5.74, 6) is -2.30. The van der Waals surface area contributed by atoms with E-state index in [2.05, 4.69) is 0 Å². The molecule has 2 fully saturated rings. The number of carbonyl (C=O) groups excluding carboxylic acids is 2. The van der Waals surface area contributed by atoms with Crippen molar-refractivity contribution in [3.05, 3.63) is 29.3 Å². The first-order valence-electron chi connectivity index (χ1n) is 8.31. The molecular weight excluding hydrogens is 308 g/mol. The van der Waals surface area contributed by atoms with Gasteiger partial charge in [-0.15, -0.1) is 0 Å². The summed E-state index contributed by atoms with van der Waals surface area (Å²) in [5, 5.41) is 9.24. The number of rotatable bonds is 3. The first-order valence-corrected chi connectivity index (χ1v) is 8.31. The first-order chi connectivity index (χ1) is 11.4. The second-order valence-electron chi connectivity index (χ2n) is 6.70.